The van der Waals surface area contributed by atoms with Crippen molar-refractivity contribution in [2.45, 2.75) is 44.3 Å². The number of hydrogen-bond acceptors (Lipinski definition) is 3. The van der Waals surface area contributed by atoms with E-state index in [9.17, 15) is 8.78 Å². The highest BCUT2D eigenvalue weighted by Gasteiger charge is 2.47. The Morgan fingerprint density at radius 1 is 1.26 bits per heavy atom. The van der Waals surface area contributed by atoms with E-state index in [-0.39, 0.29) is 11.2 Å². The second kappa shape index (κ2) is 6.11. The molecule has 1 aliphatic heterocycles. The first kappa shape index (κ1) is 16.2. The van der Waals surface area contributed by atoms with E-state index >= 15 is 0 Å². The fraction of sp³-hybridized carbons (Fsp3) is 0.556. The molecular formula is C18H23F2NO2. The number of allylic oxidation sites excluding steroid dienone is 1. The molecule has 3 nitrogen and oxygen atoms in total. The summed E-state index contributed by atoms with van der Waals surface area (Å²) < 4.78 is 34.8. The molecule has 126 valence electrons. The molecule has 5 heteroatoms. The van der Waals surface area contributed by atoms with Crippen molar-refractivity contribution in [1.82, 2.24) is 4.90 Å². The van der Waals surface area contributed by atoms with Gasteiger partial charge in [0, 0.05) is 11.5 Å². The molecule has 0 amide bonds. The predicted octanol–water partition coefficient (Wildman–Crippen LogP) is 3.98. The highest BCUT2D eigenvalue weighted by molar-refractivity contribution is 5.47. The number of alkyl halides is 2. The van der Waals surface area contributed by atoms with Crippen molar-refractivity contribution in [3.8, 4) is 11.5 Å². The number of hydrogen-bond donors (Lipinski definition) is 0. The second-order valence-electron chi connectivity index (χ2n) is 6.59. The minimum absolute atomic E-state index is 0.0326. The average molecular weight is 323 g/mol. The third-order valence-electron chi connectivity index (χ3n) is 5.31. The van der Waals surface area contributed by atoms with Crippen LogP contribution in [0.4, 0.5) is 8.78 Å². The highest BCUT2D eigenvalue weighted by Crippen LogP contribution is 2.49. The van der Waals surface area contributed by atoms with Gasteiger partial charge in [-0.2, -0.15) is 8.78 Å². The quantitative estimate of drug-likeness (QED) is 0.782. The highest BCUT2D eigenvalue weighted by atomic mass is 19.3. The Bertz CT molecular complexity index is 617. The normalized spacial score (nSPS) is 27.7. The van der Waals surface area contributed by atoms with Crippen LogP contribution in [0, 0.1) is 0 Å². The van der Waals surface area contributed by atoms with Gasteiger partial charge in [0.25, 0.3) is 0 Å². The lowest BCUT2D eigenvalue weighted by molar-refractivity contribution is -0.0512. The van der Waals surface area contributed by atoms with Crippen molar-refractivity contribution >= 4 is 0 Å². The Balaban J connectivity index is 2.00. The summed E-state index contributed by atoms with van der Waals surface area (Å²) in [6, 6.07) is 5.75. The smallest absolute Gasteiger partial charge is 0.387 e. The monoisotopic (exact) mass is 323 g/mol. The van der Waals surface area contributed by atoms with Crippen LogP contribution >= 0.6 is 0 Å². The number of methoxy groups -OCH3 is 1. The summed E-state index contributed by atoms with van der Waals surface area (Å²) in [4.78, 5) is 2.37. The Morgan fingerprint density at radius 2 is 2.04 bits per heavy atom. The van der Waals surface area contributed by atoms with Crippen molar-refractivity contribution in [2.24, 2.45) is 0 Å². The molecule has 0 aromatic heterocycles. The molecule has 1 aromatic carbocycles. The summed E-state index contributed by atoms with van der Waals surface area (Å²) in [5, 5.41) is 0. The van der Waals surface area contributed by atoms with Crippen LogP contribution in [0.15, 0.2) is 29.8 Å². The van der Waals surface area contributed by atoms with Gasteiger partial charge in [-0.1, -0.05) is 17.7 Å². The number of halogens is 2. The fourth-order valence-electron chi connectivity index (χ4n) is 4.05. The van der Waals surface area contributed by atoms with E-state index in [2.05, 4.69) is 29.7 Å². The van der Waals surface area contributed by atoms with E-state index in [1.54, 1.807) is 6.07 Å². The zero-order valence-electron chi connectivity index (χ0n) is 13.8. The molecule has 1 saturated heterocycles. The summed E-state index contributed by atoms with van der Waals surface area (Å²) in [5.74, 6) is 0.463. The molecule has 0 N–H and O–H groups in total. The van der Waals surface area contributed by atoms with Gasteiger partial charge in [-0.05, 0) is 57.5 Å². The van der Waals surface area contributed by atoms with Crippen LogP contribution < -0.4 is 9.47 Å². The maximum absolute atomic E-state index is 12.5. The summed E-state index contributed by atoms with van der Waals surface area (Å²) >= 11 is 0. The molecule has 1 aliphatic carbocycles. The van der Waals surface area contributed by atoms with E-state index < -0.39 is 6.61 Å². The molecule has 23 heavy (non-hydrogen) atoms. The third kappa shape index (κ3) is 2.82. The predicted molar refractivity (Wildman–Crippen MR) is 85.3 cm³/mol. The van der Waals surface area contributed by atoms with Gasteiger partial charge in [-0.15, -0.1) is 0 Å². The largest absolute Gasteiger partial charge is 0.493 e. The maximum Gasteiger partial charge on any atom is 0.387 e. The molecule has 0 spiro atoms. The molecule has 1 fully saturated rings. The summed E-state index contributed by atoms with van der Waals surface area (Å²) in [6.45, 7) is 0.362. The number of likely N-dealkylation sites (tertiary alicyclic amines) is 1. The maximum atomic E-state index is 12.5. The summed E-state index contributed by atoms with van der Waals surface area (Å²) in [5.41, 5.74) is 2.60. The fourth-order valence-corrected chi connectivity index (χ4v) is 4.05. The van der Waals surface area contributed by atoms with Crippen LogP contribution in [0.1, 0.15) is 31.7 Å². The van der Waals surface area contributed by atoms with E-state index in [0.29, 0.717) is 11.8 Å². The van der Waals surface area contributed by atoms with E-state index in [1.165, 1.54) is 12.7 Å². The lowest BCUT2D eigenvalue weighted by atomic mass is 9.67. The van der Waals surface area contributed by atoms with Crippen LogP contribution in [-0.2, 0) is 5.41 Å². The van der Waals surface area contributed by atoms with Gasteiger partial charge in [0.1, 0.15) is 0 Å². The van der Waals surface area contributed by atoms with Crippen LogP contribution in [0.25, 0.3) is 0 Å². The zero-order valence-corrected chi connectivity index (χ0v) is 13.8. The molecule has 0 unspecified atom stereocenters. The van der Waals surface area contributed by atoms with Crippen molar-refractivity contribution in [3.63, 3.8) is 0 Å². The van der Waals surface area contributed by atoms with Crippen LogP contribution in [0.5, 0.6) is 11.5 Å². The van der Waals surface area contributed by atoms with Gasteiger partial charge in [0.15, 0.2) is 11.5 Å². The topological polar surface area (TPSA) is 21.7 Å². The molecule has 3 rings (SSSR count). The second-order valence-corrected chi connectivity index (χ2v) is 6.59. The molecule has 0 saturated carbocycles. The number of nitrogens with zero attached hydrogens (tertiary/aromatic N) is 1. The summed E-state index contributed by atoms with van der Waals surface area (Å²) in [6.07, 6.45) is 5.56. The van der Waals surface area contributed by atoms with E-state index in [4.69, 9.17) is 4.74 Å². The van der Waals surface area contributed by atoms with Crippen molar-refractivity contribution in [2.75, 3.05) is 20.7 Å². The molecule has 2 atom stereocenters. The van der Waals surface area contributed by atoms with Gasteiger partial charge in [-0.25, -0.2) is 0 Å². The first-order chi connectivity index (χ1) is 11.0. The standard InChI is InChI=1S/C18H23F2NO2/c1-12-6-7-18(8-9-21(2)16(18)10-12)13-4-5-14(23-17(19)20)15(11-13)22-3/h4-5,10-11,16-17H,6-9H2,1-3H3/t16-,18-/m0/s1. The van der Waals surface area contributed by atoms with Gasteiger partial charge >= 0.3 is 6.61 Å². The minimum Gasteiger partial charge on any atom is -0.493 e. The lowest BCUT2D eigenvalue weighted by Gasteiger charge is -2.40. The van der Waals surface area contributed by atoms with Crippen LogP contribution in [-0.4, -0.2) is 38.3 Å². The van der Waals surface area contributed by atoms with Crippen molar-refractivity contribution < 1.29 is 18.3 Å². The minimum atomic E-state index is -2.85. The SMILES string of the molecule is COc1cc([C@@]23CCC(C)=C[C@@H]2N(C)CC3)ccc1OC(F)F. The first-order valence-electron chi connectivity index (χ1n) is 7.97. The average Bonchev–Trinajstić information content (AvgIpc) is 2.85. The number of likely N-dealkylation sites (N-methyl/N-ethyl adjacent to an activating group) is 1. The number of ether oxygens (including phenoxy) is 2. The molecule has 1 aromatic rings. The molecular weight excluding hydrogens is 300 g/mol. The number of benzene rings is 1. The number of fused-ring (bicyclic) bond motifs is 1. The number of rotatable bonds is 4. The van der Waals surface area contributed by atoms with Gasteiger partial charge < -0.3 is 9.47 Å². The van der Waals surface area contributed by atoms with Crippen molar-refractivity contribution in [3.05, 3.63) is 35.4 Å². The molecule has 0 radical (unpaired) electrons. The Kier molecular flexibility index (Phi) is 4.32. The molecule has 1 heterocycles. The van der Waals surface area contributed by atoms with Crippen LogP contribution in [0.2, 0.25) is 0 Å². The Hall–Kier alpha value is -1.62. The zero-order chi connectivity index (χ0) is 16.6. The first-order valence-corrected chi connectivity index (χ1v) is 7.97. The summed E-state index contributed by atoms with van der Waals surface area (Å²) in [7, 11) is 3.63. The van der Waals surface area contributed by atoms with E-state index in [0.717, 1.165) is 31.4 Å². The van der Waals surface area contributed by atoms with E-state index in [1.807, 2.05) is 12.1 Å². The van der Waals surface area contributed by atoms with Gasteiger partial charge in [-0.3, -0.25) is 4.90 Å². The van der Waals surface area contributed by atoms with Crippen molar-refractivity contribution in [1.29, 1.82) is 0 Å². The Labute approximate surface area is 135 Å². The third-order valence-corrected chi connectivity index (χ3v) is 5.31. The van der Waals surface area contributed by atoms with Crippen LogP contribution in [0.3, 0.4) is 0 Å². The van der Waals surface area contributed by atoms with Gasteiger partial charge in [0.2, 0.25) is 0 Å². The van der Waals surface area contributed by atoms with Gasteiger partial charge in [0.05, 0.1) is 7.11 Å². The molecule has 0 bridgehead atoms. The molecule has 2 aliphatic rings. The Morgan fingerprint density at radius 3 is 2.74 bits per heavy atom. The lowest BCUT2D eigenvalue weighted by Crippen LogP contribution is -2.42.